The summed E-state index contributed by atoms with van der Waals surface area (Å²) in [5.41, 5.74) is 7.69. The van der Waals surface area contributed by atoms with Crippen molar-refractivity contribution in [3.8, 4) is 0 Å². The van der Waals surface area contributed by atoms with Crippen LogP contribution in [0.1, 0.15) is 12.8 Å². The SMILES string of the molecule is NC(=O)CN1CCN(C2CC2)c2ccccc21. The average Bonchev–Trinajstić information content (AvgIpc) is 3.13. The Morgan fingerprint density at radius 3 is 2.59 bits per heavy atom. The van der Waals surface area contributed by atoms with Gasteiger partial charge >= 0.3 is 0 Å². The second-order valence-corrected chi connectivity index (χ2v) is 4.80. The second-order valence-electron chi connectivity index (χ2n) is 4.80. The lowest BCUT2D eigenvalue weighted by atomic mass is 10.1. The molecule has 90 valence electrons. The summed E-state index contributed by atoms with van der Waals surface area (Å²) >= 11 is 0. The summed E-state index contributed by atoms with van der Waals surface area (Å²) in [5.74, 6) is -0.264. The predicted molar refractivity (Wildman–Crippen MR) is 68.2 cm³/mol. The summed E-state index contributed by atoms with van der Waals surface area (Å²) in [4.78, 5) is 15.6. The van der Waals surface area contributed by atoms with Gasteiger partial charge in [0.2, 0.25) is 5.91 Å². The van der Waals surface area contributed by atoms with Crippen molar-refractivity contribution in [3.63, 3.8) is 0 Å². The normalized spacial score (nSPS) is 19.1. The summed E-state index contributed by atoms with van der Waals surface area (Å²) in [6.45, 7) is 2.20. The van der Waals surface area contributed by atoms with Crippen LogP contribution in [0.15, 0.2) is 24.3 Å². The van der Waals surface area contributed by atoms with Gasteiger partial charge in [0.05, 0.1) is 17.9 Å². The van der Waals surface area contributed by atoms with E-state index in [1.807, 2.05) is 6.07 Å². The summed E-state index contributed by atoms with van der Waals surface area (Å²) in [6, 6.07) is 9.01. The van der Waals surface area contributed by atoms with Crippen molar-refractivity contribution in [3.05, 3.63) is 24.3 Å². The molecule has 0 bridgehead atoms. The first-order valence-electron chi connectivity index (χ1n) is 6.14. The molecule has 1 aromatic rings. The minimum absolute atomic E-state index is 0.264. The number of carbonyl (C=O) groups is 1. The molecule has 4 nitrogen and oxygen atoms in total. The largest absolute Gasteiger partial charge is 0.368 e. The van der Waals surface area contributed by atoms with Gasteiger partial charge in [-0.1, -0.05) is 12.1 Å². The number of amides is 1. The fourth-order valence-electron chi connectivity index (χ4n) is 2.56. The van der Waals surface area contributed by atoms with Gasteiger partial charge in [-0.15, -0.1) is 0 Å². The first-order chi connectivity index (χ1) is 8.25. The van der Waals surface area contributed by atoms with Gasteiger partial charge < -0.3 is 15.5 Å². The molecule has 0 unspecified atom stereocenters. The third-order valence-electron chi connectivity index (χ3n) is 3.48. The lowest BCUT2D eigenvalue weighted by Crippen LogP contribution is -2.45. The molecule has 1 aromatic carbocycles. The maximum atomic E-state index is 11.1. The quantitative estimate of drug-likeness (QED) is 0.843. The molecule has 1 aliphatic carbocycles. The minimum Gasteiger partial charge on any atom is -0.368 e. The van der Waals surface area contributed by atoms with Crippen LogP contribution in [-0.4, -0.2) is 31.6 Å². The van der Waals surface area contributed by atoms with E-state index >= 15 is 0 Å². The smallest absolute Gasteiger partial charge is 0.236 e. The number of carbonyl (C=O) groups excluding carboxylic acids is 1. The molecule has 0 saturated heterocycles. The number of primary amides is 1. The summed E-state index contributed by atoms with van der Waals surface area (Å²) in [5, 5.41) is 0. The lowest BCUT2D eigenvalue weighted by Gasteiger charge is -2.38. The number of anilines is 2. The number of hydrogen-bond acceptors (Lipinski definition) is 3. The van der Waals surface area contributed by atoms with Crippen molar-refractivity contribution in [2.45, 2.75) is 18.9 Å². The zero-order valence-corrected chi connectivity index (χ0v) is 9.80. The van der Waals surface area contributed by atoms with Crippen molar-refractivity contribution in [1.29, 1.82) is 0 Å². The van der Waals surface area contributed by atoms with Gasteiger partial charge in [0.25, 0.3) is 0 Å². The van der Waals surface area contributed by atoms with E-state index in [-0.39, 0.29) is 5.91 Å². The highest BCUT2D eigenvalue weighted by Crippen LogP contribution is 2.39. The topological polar surface area (TPSA) is 49.6 Å². The minimum atomic E-state index is -0.264. The van der Waals surface area contributed by atoms with E-state index in [9.17, 15) is 4.79 Å². The summed E-state index contributed by atoms with van der Waals surface area (Å²) in [6.07, 6.45) is 2.59. The van der Waals surface area contributed by atoms with Crippen LogP contribution in [-0.2, 0) is 4.79 Å². The van der Waals surface area contributed by atoms with Crippen LogP contribution < -0.4 is 15.5 Å². The Bertz CT molecular complexity index is 442. The molecule has 2 aliphatic rings. The molecule has 3 rings (SSSR count). The molecular formula is C13H17N3O. The number of para-hydroxylation sites is 2. The molecule has 0 radical (unpaired) electrons. The third-order valence-corrected chi connectivity index (χ3v) is 3.48. The van der Waals surface area contributed by atoms with E-state index in [1.165, 1.54) is 18.5 Å². The second kappa shape index (κ2) is 3.95. The summed E-state index contributed by atoms with van der Waals surface area (Å²) < 4.78 is 0. The number of nitrogens with two attached hydrogens (primary N) is 1. The average molecular weight is 231 g/mol. The summed E-state index contributed by atoms with van der Waals surface area (Å²) in [7, 11) is 0. The maximum Gasteiger partial charge on any atom is 0.236 e. The zero-order valence-electron chi connectivity index (χ0n) is 9.80. The van der Waals surface area contributed by atoms with Crippen molar-refractivity contribution >= 4 is 17.3 Å². The van der Waals surface area contributed by atoms with Crippen molar-refractivity contribution in [1.82, 2.24) is 0 Å². The molecule has 1 saturated carbocycles. The highest BCUT2D eigenvalue weighted by atomic mass is 16.1. The standard InChI is InChI=1S/C13H17N3O/c14-13(17)9-15-7-8-16(10-5-6-10)12-4-2-1-3-11(12)15/h1-4,10H,5-9H2,(H2,14,17). The number of rotatable bonds is 3. The predicted octanol–water partition coefficient (Wildman–Crippen LogP) is 0.961. The maximum absolute atomic E-state index is 11.1. The molecule has 1 aliphatic heterocycles. The molecule has 0 atom stereocenters. The van der Waals surface area contributed by atoms with E-state index in [1.54, 1.807) is 0 Å². The van der Waals surface area contributed by atoms with Crippen molar-refractivity contribution < 1.29 is 4.79 Å². The number of benzene rings is 1. The number of fused-ring (bicyclic) bond motifs is 1. The fraction of sp³-hybridized carbons (Fsp3) is 0.462. The Morgan fingerprint density at radius 1 is 1.24 bits per heavy atom. The lowest BCUT2D eigenvalue weighted by molar-refractivity contribution is -0.116. The van der Waals surface area contributed by atoms with Gasteiger partial charge in [0, 0.05) is 19.1 Å². The van der Waals surface area contributed by atoms with Crippen LogP contribution in [0.5, 0.6) is 0 Å². The van der Waals surface area contributed by atoms with Gasteiger partial charge in [-0.3, -0.25) is 4.79 Å². The third kappa shape index (κ3) is 1.95. The highest BCUT2D eigenvalue weighted by Gasteiger charge is 2.33. The number of hydrogen-bond donors (Lipinski definition) is 1. The molecule has 0 aromatic heterocycles. The van der Waals surface area contributed by atoms with Gasteiger partial charge in [-0.2, -0.15) is 0 Å². The van der Waals surface area contributed by atoms with Crippen LogP contribution in [0.25, 0.3) is 0 Å². The molecular weight excluding hydrogens is 214 g/mol. The Labute approximate surface area is 101 Å². The molecule has 1 fully saturated rings. The molecule has 17 heavy (non-hydrogen) atoms. The van der Waals surface area contributed by atoms with Gasteiger partial charge in [0.1, 0.15) is 0 Å². The first kappa shape index (κ1) is 10.4. The molecule has 1 amide bonds. The van der Waals surface area contributed by atoms with Crippen molar-refractivity contribution in [2.24, 2.45) is 5.73 Å². The van der Waals surface area contributed by atoms with E-state index in [2.05, 4.69) is 28.0 Å². The van der Waals surface area contributed by atoms with E-state index in [4.69, 9.17) is 5.73 Å². The highest BCUT2D eigenvalue weighted by molar-refractivity contribution is 5.83. The molecule has 0 spiro atoms. The molecule has 4 heteroatoms. The molecule has 1 heterocycles. The first-order valence-corrected chi connectivity index (χ1v) is 6.14. The van der Waals surface area contributed by atoms with Gasteiger partial charge in [-0.05, 0) is 25.0 Å². The van der Waals surface area contributed by atoms with E-state index in [0.717, 1.165) is 18.8 Å². The van der Waals surface area contributed by atoms with Crippen LogP contribution >= 0.6 is 0 Å². The van der Waals surface area contributed by atoms with Crippen LogP contribution in [0.2, 0.25) is 0 Å². The fourth-order valence-corrected chi connectivity index (χ4v) is 2.56. The van der Waals surface area contributed by atoms with Crippen LogP contribution in [0.4, 0.5) is 11.4 Å². The zero-order chi connectivity index (χ0) is 11.8. The van der Waals surface area contributed by atoms with E-state index < -0.39 is 0 Å². The monoisotopic (exact) mass is 231 g/mol. The van der Waals surface area contributed by atoms with Gasteiger partial charge in [0.15, 0.2) is 0 Å². The van der Waals surface area contributed by atoms with Crippen LogP contribution in [0.3, 0.4) is 0 Å². The Balaban J connectivity index is 1.92. The Morgan fingerprint density at radius 2 is 1.94 bits per heavy atom. The van der Waals surface area contributed by atoms with Gasteiger partial charge in [-0.25, -0.2) is 0 Å². The Kier molecular flexibility index (Phi) is 2.42. The Hall–Kier alpha value is -1.71. The van der Waals surface area contributed by atoms with Crippen LogP contribution in [0, 0.1) is 0 Å². The van der Waals surface area contributed by atoms with E-state index in [0.29, 0.717) is 12.6 Å². The number of nitrogens with zero attached hydrogens (tertiary/aromatic N) is 2. The molecule has 2 N–H and O–H groups in total. The van der Waals surface area contributed by atoms with Crippen molar-refractivity contribution in [2.75, 3.05) is 29.4 Å².